The van der Waals surface area contributed by atoms with Gasteiger partial charge in [0.05, 0.1) is 16.6 Å². The van der Waals surface area contributed by atoms with Gasteiger partial charge in [0.1, 0.15) is 5.01 Å². The van der Waals surface area contributed by atoms with Crippen LogP contribution in [0.3, 0.4) is 0 Å². The van der Waals surface area contributed by atoms with Crippen molar-refractivity contribution in [1.82, 2.24) is 15.6 Å². The van der Waals surface area contributed by atoms with E-state index < -0.39 is 0 Å². The van der Waals surface area contributed by atoms with Crippen LogP contribution in [0.4, 0.5) is 4.79 Å². The van der Waals surface area contributed by atoms with Crippen LogP contribution in [0, 0.1) is 12.8 Å². The molecule has 5 nitrogen and oxygen atoms in total. The molecule has 0 fully saturated rings. The lowest BCUT2D eigenvalue weighted by Gasteiger charge is -2.16. The fourth-order valence-electron chi connectivity index (χ4n) is 2.42. The topological polar surface area (TPSA) is 74.2 Å². The van der Waals surface area contributed by atoms with Crippen LogP contribution in [-0.2, 0) is 0 Å². The Morgan fingerprint density at radius 3 is 2.67 bits per heavy atom. The van der Waals surface area contributed by atoms with Gasteiger partial charge in [0.15, 0.2) is 0 Å². The summed E-state index contributed by atoms with van der Waals surface area (Å²) in [4.78, 5) is 17.7. The number of carbonyl (C=O) groups excluding carboxylic acids is 1. The SMILES string of the molecule is Cc1nc(-c2ccccc2)sc1C(C)NC(=O)NCC(C)CCO. The van der Waals surface area contributed by atoms with Gasteiger partial charge in [-0.1, -0.05) is 37.3 Å². The van der Waals surface area contributed by atoms with Crippen molar-refractivity contribution in [2.75, 3.05) is 13.2 Å². The van der Waals surface area contributed by atoms with Crippen LogP contribution in [0.5, 0.6) is 0 Å². The fraction of sp³-hybridized carbons (Fsp3) is 0.444. The Labute approximate surface area is 147 Å². The first-order valence-electron chi connectivity index (χ1n) is 8.19. The number of thiazole rings is 1. The first kappa shape index (κ1) is 18.4. The van der Waals surface area contributed by atoms with Crippen molar-refractivity contribution in [2.45, 2.75) is 33.2 Å². The van der Waals surface area contributed by atoms with Gasteiger partial charge in [-0.05, 0) is 26.2 Å². The van der Waals surface area contributed by atoms with E-state index in [4.69, 9.17) is 5.11 Å². The van der Waals surface area contributed by atoms with Crippen molar-refractivity contribution in [2.24, 2.45) is 5.92 Å². The molecular weight excluding hydrogens is 322 g/mol. The number of nitrogens with one attached hydrogen (secondary N) is 2. The van der Waals surface area contributed by atoms with E-state index in [0.29, 0.717) is 13.0 Å². The summed E-state index contributed by atoms with van der Waals surface area (Å²) in [6, 6.07) is 9.75. The average Bonchev–Trinajstić information content (AvgIpc) is 2.96. The predicted octanol–water partition coefficient (Wildman–Crippen LogP) is 3.50. The van der Waals surface area contributed by atoms with Crippen molar-refractivity contribution in [3.63, 3.8) is 0 Å². The van der Waals surface area contributed by atoms with Crippen molar-refractivity contribution in [3.8, 4) is 10.6 Å². The van der Waals surface area contributed by atoms with Crippen molar-refractivity contribution >= 4 is 17.4 Å². The molecule has 2 atom stereocenters. The molecule has 0 aliphatic heterocycles. The lowest BCUT2D eigenvalue weighted by atomic mass is 10.1. The smallest absolute Gasteiger partial charge is 0.315 e. The number of nitrogens with zero attached hydrogens (tertiary/aromatic N) is 1. The summed E-state index contributed by atoms with van der Waals surface area (Å²) >= 11 is 1.61. The molecule has 2 aromatic rings. The highest BCUT2D eigenvalue weighted by atomic mass is 32.1. The molecule has 2 unspecified atom stereocenters. The minimum absolute atomic E-state index is 0.104. The maximum atomic E-state index is 12.0. The molecule has 6 heteroatoms. The second-order valence-corrected chi connectivity index (χ2v) is 7.06. The molecule has 3 N–H and O–H groups in total. The van der Waals surface area contributed by atoms with Crippen LogP contribution in [0.1, 0.15) is 36.9 Å². The number of aliphatic hydroxyl groups is 1. The Balaban J connectivity index is 1.96. The quantitative estimate of drug-likeness (QED) is 0.718. The summed E-state index contributed by atoms with van der Waals surface area (Å²) in [5.41, 5.74) is 2.03. The van der Waals surface area contributed by atoms with Gasteiger partial charge in [0.25, 0.3) is 0 Å². The number of aryl methyl sites for hydroxylation is 1. The van der Waals surface area contributed by atoms with Gasteiger partial charge in [-0.25, -0.2) is 9.78 Å². The van der Waals surface area contributed by atoms with Crippen molar-refractivity contribution in [1.29, 1.82) is 0 Å². The Kier molecular flexibility index (Phi) is 6.75. The molecule has 0 saturated carbocycles. The van der Waals surface area contributed by atoms with Gasteiger partial charge in [0.2, 0.25) is 0 Å². The Morgan fingerprint density at radius 1 is 1.29 bits per heavy atom. The van der Waals surface area contributed by atoms with E-state index >= 15 is 0 Å². The van der Waals surface area contributed by atoms with E-state index in [0.717, 1.165) is 21.1 Å². The molecule has 0 bridgehead atoms. The molecule has 1 heterocycles. The predicted molar refractivity (Wildman–Crippen MR) is 98.1 cm³/mol. The number of aromatic nitrogens is 1. The van der Waals surface area contributed by atoms with Gasteiger partial charge in [-0.2, -0.15) is 0 Å². The summed E-state index contributed by atoms with van der Waals surface area (Å²) in [7, 11) is 0. The molecule has 0 radical (unpaired) electrons. The Morgan fingerprint density at radius 2 is 2.00 bits per heavy atom. The maximum Gasteiger partial charge on any atom is 0.315 e. The Hall–Kier alpha value is -1.92. The normalized spacial score (nSPS) is 13.3. The number of amides is 2. The monoisotopic (exact) mass is 347 g/mol. The molecule has 1 aromatic heterocycles. The largest absolute Gasteiger partial charge is 0.396 e. The molecule has 0 spiro atoms. The molecule has 24 heavy (non-hydrogen) atoms. The summed E-state index contributed by atoms with van der Waals surface area (Å²) < 4.78 is 0. The number of rotatable bonds is 7. The van der Waals surface area contributed by atoms with Crippen LogP contribution >= 0.6 is 11.3 Å². The second kappa shape index (κ2) is 8.80. The van der Waals surface area contributed by atoms with Gasteiger partial charge in [-0.15, -0.1) is 11.3 Å². The standard InChI is InChI=1S/C18H25N3O2S/c1-12(9-10-22)11-19-18(23)21-14(3)16-13(2)20-17(24-16)15-7-5-4-6-8-15/h4-8,12,14,22H,9-11H2,1-3H3,(H2,19,21,23). The molecule has 0 saturated heterocycles. The molecule has 0 aliphatic rings. The summed E-state index contributed by atoms with van der Waals surface area (Å²) in [6.45, 7) is 6.63. The van der Waals surface area contributed by atoms with E-state index in [1.165, 1.54) is 0 Å². The summed E-state index contributed by atoms with van der Waals surface area (Å²) in [5, 5.41) is 15.7. The molecule has 2 rings (SSSR count). The van der Waals surface area contributed by atoms with Gasteiger partial charge < -0.3 is 15.7 Å². The summed E-state index contributed by atoms with van der Waals surface area (Å²) in [6.07, 6.45) is 0.685. The van der Waals surface area contributed by atoms with Crippen LogP contribution < -0.4 is 10.6 Å². The highest BCUT2D eigenvalue weighted by molar-refractivity contribution is 7.15. The highest BCUT2D eigenvalue weighted by Crippen LogP contribution is 2.31. The number of hydrogen-bond acceptors (Lipinski definition) is 4. The first-order chi connectivity index (χ1) is 11.5. The molecule has 2 amide bonds. The minimum Gasteiger partial charge on any atom is -0.396 e. The molecular formula is C18H25N3O2S. The van der Waals surface area contributed by atoms with Gasteiger partial charge >= 0.3 is 6.03 Å². The fourth-order valence-corrected chi connectivity index (χ4v) is 3.49. The second-order valence-electron chi connectivity index (χ2n) is 6.03. The van der Waals surface area contributed by atoms with Gasteiger partial charge in [-0.3, -0.25) is 0 Å². The van der Waals surface area contributed by atoms with E-state index in [2.05, 4.69) is 15.6 Å². The number of carbonyl (C=O) groups is 1. The zero-order valence-electron chi connectivity index (χ0n) is 14.4. The van der Waals surface area contributed by atoms with Gasteiger partial charge in [0, 0.05) is 18.7 Å². The van der Waals surface area contributed by atoms with E-state index in [9.17, 15) is 4.79 Å². The lowest BCUT2D eigenvalue weighted by molar-refractivity contribution is 0.231. The number of hydrogen-bond donors (Lipinski definition) is 3. The van der Waals surface area contributed by atoms with Crippen LogP contribution in [0.15, 0.2) is 30.3 Å². The molecule has 1 aromatic carbocycles. The third-order valence-electron chi connectivity index (χ3n) is 3.83. The zero-order chi connectivity index (χ0) is 17.5. The molecule has 0 aliphatic carbocycles. The lowest BCUT2D eigenvalue weighted by Crippen LogP contribution is -2.39. The summed E-state index contributed by atoms with van der Waals surface area (Å²) in [5.74, 6) is 0.255. The van der Waals surface area contributed by atoms with Crippen LogP contribution in [0.25, 0.3) is 10.6 Å². The van der Waals surface area contributed by atoms with Crippen molar-refractivity contribution in [3.05, 3.63) is 40.9 Å². The maximum absolute atomic E-state index is 12.0. The highest BCUT2D eigenvalue weighted by Gasteiger charge is 2.17. The molecule has 130 valence electrons. The van der Waals surface area contributed by atoms with E-state index in [1.54, 1.807) is 11.3 Å². The minimum atomic E-state index is -0.193. The number of aliphatic hydroxyl groups excluding tert-OH is 1. The van der Waals surface area contributed by atoms with E-state index in [-0.39, 0.29) is 24.6 Å². The number of benzene rings is 1. The zero-order valence-corrected chi connectivity index (χ0v) is 15.2. The Bertz CT molecular complexity index is 658. The third kappa shape index (κ3) is 5.04. The van der Waals surface area contributed by atoms with Crippen molar-refractivity contribution < 1.29 is 9.90 Å². The van der Waals surface area contributed by atoms with Crippen LogP contribution in [0.2, 0.25) is 0 Å². The third-order valence-corrected chi connectivity index (χ3v) is 5.22. The van der Waals surface area contributed by atoms with Crippen LogP contribution in [-0.4, -0.2) is 29.3 Å². The first-order valence-corrected chi connectivity index (χ1v) is 9.01. The van der Waals surface area contributed by atoms with E-state index in [1.807, 2.05) is 51.1 Å². The number of urea groups is 1. The average molecular weight is 347 g/mol.